The Labute approximate surface area is 73.5 Å². The molecule has 0 fully saturated rings. The van der Waals surface area contributed by atoms with Gasteiger partial charge < -0.3 is 0 Å². The lowest BCUT2D eigenvalue weighted by molar-refractivity contribution is 0.632. The number of thioether (sulfide) groups is 2. The highest BCUT2D eigenvalue weighted by molar-refractivity contribution is 8.15. The van der Waals surface area contributed by atoms with Crippen LogP contribution in [0.15, 0.2) is 0 Å². The number of hydrogen-bond acceptors (Lipinski definition) is 2. The summed E-state index contributed by atoms with van der Waals surface area (Å²) >= 11 is 4.09. The molecule has 0 rings (SSSR count). The van der Waals surface area contributed by atoms with Crippen molar-refractivity contribution < 1.29 is 0 Å². The maximum absolute atomic E-state index is 2.29. The third kappa shape index (κ3) is 8.70. The Morgan fingerprint density at radius 1 is 1.20 bits per heavy atom. The van der Waals surface area contributed by atoms with Crippen LogP contribution in [-0.4, -0.2) is 16.6 Å². The van der Waals surface area contributed by atoms with Crippen LogP contribution in [0.5, 0.6) is 0 Å². The standard InChI is InChI=1S/C8H18S2/c1-4-9-7-10-6-5-8(2)3/h8H,4-7H2,1-3H3. The van der Waals surface area contributed by atoms with Crippen molar-refractivity contribution in [1.82, 2.24) is 0 Å². The zero-order valence-corrected chi connectivity index (χ0v) is 8.86. The van der Waals surface area contributed by atoms with Gasteiger partial charge in [-0.15, -0.1) is 0 Å². The molecule has 0 saturated carbocycles. The Morgan fingerprint density at radius 2 is 1.90 bits per heavy atom. The largest absolute Gasteiger partial charge is 0.151 e. The molecule has 0 aliphatic heterocycles. The van der Waals surface area contributed by atoms with Gasteiger partial charge in [-0.3, -0.25) is 0 Å². The van der Waals surface area contributed by atoms with Crippen LogP contribution >= 0.6 is 23.5 Å². The van der Waals surface area contributed by atoms with E-state index in [-0.39, 0.29) is 0 Å². The average Bonchev–Trinajstić information content (AvgIpc) is 1.87. The second-order valence-electron chi connectivity index (χ2n) is 2.70. The normalized spacial score (nSPS) is 10.8. The lowest BCUT2D eigenvalue weighted by Crippen LogP contribution is -1.89. The Hall–Kier alpha value is 0.700. The summed E-state index contributed by atoms with van der Waals surface area (Å²) in [7, 11) is 0. The summed E-state index contributed by atoms with van der Waals surface area (Å²) in [6.45, 7) is 6.79. The number of hydrogen-bond donors (Lipinski definition) is 0. The summed E-state index contributed by atoms with van der Waals surface area (Å²) in [6.07, 6.45) is 1.37. The Balaban J connectivity index is 2.77. The van der Waals surface area contributed by atoms with Crippen molar-refractivity contribution in [3.63, 3.8) is 0 Å². The van der Waals surface area contributed by atoms with E-state index in [2.05, 4.69) is 32.5 Å². The molecule has 0 atom stereocenters. The van der Waals surface area contributed by atoms with E-state index in [0.29, 0.717) is 0 Å². The summed E-state index contributed by atoms with van der Waals surface area (Å²) in [5.74, 6) is 3.47. The zero-order chi connectivity index (χ0) is 7.82. The van der Waals surface area contributed by atoms with E-state index in [1.165, 1.54) is 23.0 Å². The molecule has 0 N–H and O–H groups in total. The van der Waals surface area contributed by atoms with E-state index in [1.807, 2.05) is 11.8 Å². The topological polar surface area (TPSA) is 0 Å². The molecule has 0 aliphatic carbocycles. The average molecular weight is 178 g/mol. The van der Waals surface area contributed by atoms with Crippen LogP contribution in [0.1, 0.15) is 27.2 Å². The van der Waals surface area contributed by atoms with Gasteiger partial charge in [0.15, 0.2) is 0 Å². The predicted octanol–water partition coefficient (Wildman–Crippen LogP) is 3.48. The third-order valence-corrected chi connectivity index (χ3v) is 3.48. The minimum Gasteiger partial charge on any atom is -0.151 e. The summed E-state index contributed by atoms with van der Waals surface area (Å²) in [4.78, 5) is 0. The van der Waals surface area contributed by atoms with Crippen molar-refractivity contribution in [2.45, 2.75) is 27.2 Å². The summed E-state index contributed by atoms with van der Waals surface area (Å²) in [5.41, 5.74) is 0. The summed E-state index contributed by atoms with van der Waals surface area (Å²) in [6, 6.07) is 0. The van der Waals surface area contributed by atoms with E-state index in [0.717, 1.165) is 5.92 Å². The van der Waals surface area contributed by atoms with Crippen molar-refractivity contribution in [2.24, 2.45) is 5.92 Å². The van der Waals surface area contributed by atoms with Gasteiger partial charge in [0, 0.05) is 5.08 Å². The fraction of sp³-hybridized carbons (Fsp3) is 1.00. The first-order chi connectivity index (χ1) is 4.77. The molecule has 0 aromatic heterocycles. The fourth-order valence-corrected chi connectivity index (χ4v) is 2.77. The van der Waals surface area contributed by atoms with Crippen LogP contribution in [0.25, 0.3) is 0 Å². The first-order valence-corrected chi connectivity index (χ1v) is 6.23. The maximum atomic E-state index is 2.29. The molecule has 0 nitrogen and oxygen atoms in total. The lowest BCUT2D eigenvalue weighted by atomic mass is 10.2. The van der Waals surface area contributed by atoms with Crippen LogP contribution in [0.2, 0.25) is 0 Å². The first kappa shape index (κ1) is 10.7. The maximum Gasteiger partial charge on any atom is 0.0391 e. The van der Waals surface area contributed by atoms with E-state index in [9.17, 15) is 0 Å². The summed E-state index contributed by atoms with van der Waals surface area (Å²) in [5, 5.41) is 1.28. The van der Waals surface area contributed by atoms with Gasteiger partial charge in [-0.05, 0) is 23.8 Å². The molecule has 10 heavy (non-hydrogen) atoms. The Kier molecular flexibility index (Phi) is 8.35. The van der Waals surface area contributed by atoms with E-state index in [4.69, 9.17) is 0 Å². The van der Waals surface area contributed by atoms with Crippen LogP contribution in [0, 0.1) is 5.92 Å². The van der Waals surface area contributed by atoms with Crippen molar-refractivity contribution in [3.05, 3.63) is 0 Å². The Bertz CT molecular complexity index is 62.3. The molecule has 0 bridgehead atoms. The van der Waals surface area contributed by atoms with Gasteiger partial charge in [0.25, 0.3) is 0 Å². The lowest BCUT2D eigenvalue weighted by Gasteiger charge is -2.02. The van der Waals surface area contributed by atoms with Gasteiger partial charge in [-0.1, -0.05) is 20.8 Å². The molecule has 2 heteroatoms. The first-order valence-electron chi connectivity index (χ1n) is 3.92. The monoisotopic (exact) mass is 178 g/mol. The minimum atomic E-state index is 0.874. The predicted molar refractivity (Wildman–Crippen MR) is 54.9 cm³/mol. The van der Waals surface area contributed by atoms with Crippen molar-refractivity contribution in [1.29, 1.82) is 0 Å². The minimum absolute atomic E-state index is 0.874. The van der Waals surface area contributed by atoms with Gasteiger partial charge in [-0.25, -0.2) is 0 Å². The SMILES string of the molecule is CCSCSCCC(C)C. The van der Waals surface area contributed by atoms with E-state index in [1.54, 1.807) is 0 Å². The second-order valence-corrected chi connectivity index (χ2v) is 5.45. The van der Waals surface area contributed by atoms with Gasteiger partial charge in [0.05, 0.1) is 0 Å². The molecule has 0 saturated heterocycles. The smallest absolute Gasteiger partial charge is 0.0391 e. The van der Waals surface area contributed by atoms with E-state index < -0.39 is 0 Å². The van der Waals surface area contributed by atoms with Gasteiger partial charge in [0.1, 0.15) is 0 Å². The molecule has 0 spiro atoms. The Morgan fingerprint density at radius 3 is 2.40 bits per heavy atom. The molecular weight excluding hydrogens is 160 g/mol. The van der Waals surface area contributed by atoms with E-state index >= 15 is 0 Å². The second kappa shape index (κ2) is 7.80. The third-order valence-electron chi connectivity index (χ3n) is 1.21. The molecule has 0 radical (unpaired) electrons. The molecule has 0 aromatic carbocycles. The van der Waals surface area contributed by atoms with Crippen LogP contribution in [-0.2, 0) is 0 Å². The summed E-state index contributed by atoms with van der Waals surface area (Å²) < 4.78 is 0. The molecule has 0 amide bonds. The zero-order valence-electron chi connectivity index (χ0n) is 7.22. The number of rotatable bonds is 6. The van der Waals surface area contributed by atoms with Crippen molar-refractivity contribution >= 4 is 23.5 Å². The molecule has 0 unspecified atom stereocenters. The fourth-order valence-electron chi connectivity index (χ4n) is 0.520. The van der Waals surface area contributed by atoms with Crippen molar-refractivity contribution in [2.75, 3.05) is 16.6 Å². The van der Waals surface area contributed by atoms with Gasteiger partial charge >= 0.3 is 0 Å². The van der Waals surface area contributed by atoms with Gasteiger partial charge in [-0.2, -0.15) is 23.5 Å². The highest BCUT2D eigenvalue weighted by Gasteiger charge is 1.92. The molecule has 0 aromatic rings. The molecule has 0 heterocycles. The molecule has 0 aliphatic rings. The highest BCUT2D eigenvalue weighted by atomic mass is 32.2. The van der Waals surface area contributed by atoms with Crippen LogP contribution < -0.4 is 0 Å². The van der Waals surface area contributed by atoms with Crippen LogP contribution in [0.4, 0.5) is 0 Å². The molecule has 62 valence electrons. The van der Waals surface area contributed by atoms with Gasteiger partial charge in [0.2, 0.25) is 0 Å². The quantitative estimate of drug-likeness (QED) is 0.451. The van der Waals surface area contributed by atoms with Crippen molar-refractivity contribution in [3.8, 4) is 0 Å². The molecular formula is C8H18S2. The van der Waals surface area contributed by atoms with Crippen LogP contribution in [0.3, 0.4) is 0 Å². The highest BCUT2D eigenvalue weighted by Crippen LogP contribution is 2.14.